The fourth-order valence-corrected chi connectivity index (χ4v) is 3.25. The summed E-state index contributed by atoms with van der Waals surface area (Å²) in [6.07, 6.45) is 1.58. The van der Waals surface area contributed by atoms with Gasteiger partial charge in [-0.3, -0.25) is 4.79 Å². The Morgan fingerprint density at radius 1 is 1.48 bits per heavy atom. The number of halogens is 1. The number of amides is 1. The van der Waals surface area contributed by atoms with E-state index in [0.717, 1.165) is 15.8 Å². The van der Waals surface area contributed by atoms with Crippen molar-refractivity contribution in [1.29, 1.82) is 0 Å². The quantitative estimate of drug-likeness (QED) is 0.566. The minimum absolute atomic E-state index is 0.0777. The summed E-state index contributed by atoms with van der Waals surface area (Å²) in [5, 5.41) is 14.1. The maximum Gasteiger partial charge on any atom is 0.268 e. The van der Waals surface area contributed by atoms with Crippen LogP contribution in [0.2, 0.25) is 5.02 Å². The third kappa shape index (κ3) is 3.37. The number of carbonyl (C=O) groups is 1. The van der Waals surface area contributed by atoms with Crippen molar-refractivity contribution < 1.29 is 9.90 Å². The Morgan fingerprint density at radius 2 is 2.30 bits per heavy atom. The second-order valence-corrected chi connectivity index (χ2v) is 6.58. The minimum Gasteiger partial charge on any atom is -0.391 e. The second kappa shape index (κ2) is 6.67. The zero-order chi connectivity index (χ0) is 16.4. The zero-order valence-corrected chi connectivity index (χ0v) is 13.6. The Morgan fingerprint density at radius 3 is 3.00 bits per heavy atom. The van der Waals surface area contributed by atoms with Crippen LogP contribution in [0.1, 0.15) is 26.4 Å². The Kier molecular flexibility index (Phi) is 4.63. The van der Waals surface area contributed by atoms with Crippen molar-refractivity contribution in [3.8, 4) is 0 Å². The van der Waals surface area contributed by atoms with Gasteiger partial charge in [0, 0.05) is 28.7 Å². The third-order valence-corrected chi connectivity index (χ3v) is 4.73. The molecule has 0 aliphatic carbocycles. The van der Waals surface area contributed by atoms with E-state index in [1.165, 1.54) is 11.3 Å². The number of H-pyrrole nitrogens is 1. The van der Waals surface area contributed by atoms with Gasteiger partial charge in [0.05, 0.1) is 17.5 Å². The van der Waals surface area contributed by atoms with Crippen molar-refractivity contribution in [2.24, 2.45) is 5.73 Å². The normalized spacial score (nSPS) is 12.5. The number of hydrogen-bond acceptors (Lipinski definition) is 5. The summed E-state index contributed by atoms with van der Waals surface area (Å²) in [5.41, 5.74) is 6.96. The zero-order valence-electron chi connectivity index (χ0n) is 12.0. The molecule has 0 saturated heterocycles. The van der Waals surface area contributed by atoms with Crippen LogP contribution in [0.15, 0.2) is 30.5 Å². The van der Waals surface area contributed by atoms with E-state index >= 15 is 0 Å². The van der Waals surface area contributed by atoms with Crippen molar-refractivity contribution in [1.82, 2.24) is 15.3 Å². The van der Waals surface area contributed by atoms with E-state index in [9.17, 15) is 4.79 Å². The summed E-state index contributed by atoms with van der Waals surface area (Å²) in [7, 11) is 0. The number of carbonyl (C=O) groups excluding carboxylic acids is 1. The number of aromatic nitrogens is 2. The van der Waals surface area contributed by atoms with Crippen molar-refractivity contribution in [3.63, 3.8) is 0 Å². The lowest BCUT2D eigenvalue weighted by Crippen LogP contribution is -2.33. The van der Waals surface area contributed by atoms with E-state index in [4.69, 9.17) is 22.4 Å². The van der Waals surface area contributed by atoms with Crippen molar-refractivity contribution in [2.75, 3.05) is 6.54 Å². The molecule has 0 spiro atoms. The van der Waals surface area contributed by atoms with Gasteiger partial charge in [-0.15, -0.1) is 11.3 Å². The van der Waals surface area contributed by atoms with Gasteiger partial charge in [-0.25, -0.2) is 4.98 Å². The molecule has 6 nitrogen and oxygen atoms in total. The Hall–Kier alpha value is -1.93. The average Bonchev–Trinajstić information content (AvgIpc) is 3.18. The molecule has 1 atom stereocenters. The summed E-state index contributed by atoms with van der Waals surface area (Å²) in [5.74, 6) is -0.270. The number of fused-ring (bicyclic) bond motifs is 1. The number of rotatable bonds is 5. The van der Waals surface area contributed by atoms with E-state index in [0.29, 0.717) is 15.7 Å². The first-order valence-corrected chi connectivity index (χ1v) is 8.15. The van der Waals surface area contributed by atoms with Crippen LogP contribution in [0.5, 0.6) is 0 Å². The Balaban J connectivity index is 1.80. The number of aliphatic hydroxyl groups is 1. The van der Waals surface area contributed by atoms with Crippen LogP contribution >= 0.6 is 22.9 Å². The van der Waals surface area contributed by atoms with Crippen molar-refractivity contribution in [2.45, 2.75) is 12.6 Å². The topological polar surface area (TPSA) is 104 Å². The Labute approximate surface area is 141 Å². The van der Waals surface area contributed by atoms with E-state index in [1.807, 2.05) is 6.07 Å². The SMILES string of the molecule is NC[C@H](NC(=O)c1cc2ccc(Cl)cc2[nH]1)c1ncc(CO)s1. The maximum absolute atomic E-state index is 12.4. The summed E-state index contributed by atoms with van der Waals surface area (Å²) >= 11 is 7.27. The van der Waals surface area contributed by atoms with Crippen LogP contribution in [0.4, 0.5) is 0 Å². The lowest BCUT2D eigenvalue weighted by molar-refractivity contribution is 0.0933. The van der Waals surface area contributed by atoms with Crippen LogP contribution < -0.4 is 11.1 Å². The van der Waals surface area contributed by atoms with E-state index < -0.39 is 6.04 Å². The molecule has 0 unspecified atom stereocenters. The van der Waals surface area contributed by atoms with E-state index in [1.54, 1.807) is 24.4 Å². The van der Waals surface area contributed by atoms with Gasteiger partial charge < -0.3 is 21.1 Å². The third-order valence-electron chi connectivity index (χ3n) is 3.40. The largest absolute Gasteiger partial charge is 0.391 e. The number of nitrogens with two attached hydrogens (primary N) is 1. The van der Waals surface area contributed by atoms with Crippen LogP contribution in [0.25, 0.3) is 10.9 Å². The molecule has 1 amide bonds. The Bertz CT molecular complexity index is 845. The summed E-state index contributed by atoms with van der Waals surface area (Å²) in [6, 6.07) is 6.74. The molecule has 1 aromatic carbocycles. The molecule has 0 bridgehead atoms. The van der Waals surface area contributed by atoms with Gasteiger partial charge in [-0.1, -0.05) is 17.7 Å². The first kappa shape index (κ1) is 15.9. The number of nitrogens with zero attached hydrogens (tertiary/aromatic N) is 1. The first-order chi connectivity index (χ1) is 11.1. The highest BCUT2D eigenvalue weighted by Crippen LogP contribution is 2.22. The van der Waals surface area contributed by atoms with Gasteiger partial charge in [-0.05, 0) is 18.2 Å². The molecule has 2 aromatic heterocycles. The molecule has 0 saturated carbocycles. The number of benzene rings is 1. The number of hydrogen-bond donors (Lipinski definition) is 4. The molecule has 3 aromatic rings. The highest BCUT2D eigenvalue weighted by Gasteiger charge is 2.19. The number of aliphatic hydroxyl groups excluding tert-OH is 1. The predicted molar refractivity (Wildman–Crippen MR) is 90.6 cm³/mol. The predicted octanol–water partition coefficient (Wildman–Crippen LogP) is 2.20. The molecule has 0 fully saturated rings. The lowest BCUT2D eigenvalue weighted by atomic mass is 10.2. The fourth-order valence-electron chi connectivity index (χ4n) is 2.24. The average molecular weight is 351 g/mol. The molecular formula is C15H15ClN4O2S. The van der Waals surface area contributed by atoms with Gasteiger partial charge in [0.15, 0.2) is 0 Å². The van der Waals surface area contributed by atoms with Gasteiger partial charge in [-0.2, -0.15) is 0 Å². The molecule has 120 valence electrons. The second-order valence-electron chi connectivity index (χ2n) is 5.00. The minimum atomic E-state index is -0.400. The molecule has 3 rings (SSSR count). The monoisotopic (exact) mass is 350 g/mol. The molecule has 5 N–H and O–H groups in total. The standard InChI is InChI=1S/C15H15ClN4O2S/c16-9-2-1-8-3-12(19-11(8)4-9)14(22)20-13(5-17)15-18-6-10(7-21)23-15/h1-4,6,13,19,21H,5,7,17H2,(H,20,22)/t13-/m0/s1. The molecule has 2 heterocycles. The smallest absolute Gasteiger partial charge is 0.268 e. The van der Waals surface area contributed by atoms with Gasteiger partial charge in [0.25, 0.3) is 5.91 Å². The number of thiazole rings is 1. The fraction of sp³-hybridized carbons (Fsp3) is 0.200. The van der Waals surface area contributed by atoms with E-state index in [-0.39, 0.29) is 19.1 Å². The number of nitrogens with one attached hydrogen (secondary N) is 2. The summed E-state index contributed by atoms with van der Waals surface area (Å²) in [4.78, 5) is 20.4. The first-order valence-electron chi connectivity index (χ1n) is 6.95. The molecule has 23 heavy (non-hydrogen) atoms. The molecule has 0 aliphatic rings. The van der Waals surface area contributed by atoms with E-state index in [2.05, 4.69) is 15.3 Å². The summed E-state index contributed by atoms with van der Waals surface area (Å²) in [6.45, 7) is 0.141. The molecule has 0 radical (unpaired) electrons. The van der Waals surface area contributed by atoms with Gasteiger partial charge in [0.2, 0.25) is 0 Å². The molecule has 0 aliphatic heterocycles. The van der Waals surface area contributed by atoms with Crippen LogP contribution in [0, 0.1) is 0 Å². The van der Waals surface area contributed by atoms with Crippen LogP contribution in [0.3, 0.4) is 0 Å². The lowest BCUT2D eigenvalue weighted by Gasteiger charge is -2.13. The maximum atomic E-state index is 12.4. The summed E-state index contributed by atoms with van der Waals surface area (Å²) < 4.78 is 0. The number of aromatic amines is 1. The van der Waals surface area contributed by atoms with Gasteiger partial charge >= 0.3 is 0 Å². The highest BCUT2D eigenvalue weighted by molar-refractivity contribution is 7.11. The van der Waals surface area contributed by atoms with Crippen molar-refractivity contribution >= 4 is 39.7 Å². The molecule has 8 heteroatoms. The van der Waals surface area contributed by atoms with Gasteiger partial charge in [0.1, 0.15) is 10.7 Å². The van der Waals surface area contributed by atoms with Crippen molar-refractivity contribution in [3.05, 3.63) is 51.1 Å². The molecular weight excluding hydrogens is 336 g/mol. The van der Waals surface area contributed by atoms with Crippen LogP contribution in [-0.4, -0.2) is 27.5 Å². The van der Waals surface area contributed by atoms with Crippen LogP contribution in [-0.2, 0) is 6.61 Å². The highest BCUT2D eigenvalue weighted by atomic mass is 35.5.